The van der Waals surface area contributed by atoms with Crippen LogP contribution >= 0.6 is 0 Å². The van der Waals surface area contributed by atoms with Crippen LogP contribution in [0.4, 0.5) is 0 Å². The van der Waals surface area contributed by atoms with Gasteiger partial charge in [0.25, 0.3) is 0 Å². The molecule has 4 aromatic carbocycles. The molecular weight excluding hydrogens is 1080 g/mol. The number of unbranched alkanes of at least 4 members (excludes halogenated alkanes) is 3. The van der Waals surface area contributed by atoms with Gasteiger partial charge >= 0.3 is 0 Å². The summed E-state index contributed by atoms with van der Waals surface area (Å²) in [5, 5.41) is 17.7. The molecule has 0 spiro atoms. The topological polar surface area (TPSA) is 256 Å². The number of nitrogens with one attached hydrogen (secondary N) is 6. The van der Waals surface area contributed by atoms with Crippen LogP contribution in [0.1, 0.15) is 112 Å². The lowest BCUT2D eigenvalue weighted by atomic mass is 9.98. The zero-order chi connectivity index (χ0) is 58.6. The number of benzene rings is 4. The molecule has 22 heteroatoms. The first-order valence-corrected chi connectivity index (χ1v) is 32.0. The second-order valence-corrected chi connectivity index (χ2v) is 26.2. The molecule has 82 heavy (non-hydrogen) atoms. The van der Waals surface area contributed by atoms with Gasteiger partial charge in [-0.1, -0.05) is 134 Å². The Hall–Kier alpha value is -6.56. The standard InChI is InChI=1S/C60H80N10O10S2/c1-41(61-3)55(71)63-49-39-67(35-33-47-29-31-51(69(47)59(49)75)57(73)65-53(43-21-11-7-12-22-43)44-23-13-8-14-24-44)81(77,78)37-19-5-6-20-38-82(79,80)68-36-34-48-30-32-52(70(48)60(76)50(40-68)64-56(72)42(2)62-4)58(74)66-54(45-25-15-9-16-26-45)46-27-17-10-18-28-46/h7-18,21-28,41-42,47-54,61-62H,5-6,19-20,29-40H2,1-4H3,(H,63,71)(H,64,72)(H,65,73)(H,66,74)/t41-,42-,47+,48+,49-,50-,51-,52-/m0/s1. The van der Waals surface area contributed by atoms with Crippen molar-refractivity contribution in [2.24, 2.45) is 0 Å². The Morgan fingerprint density at radius 1 is 0.476 bits per heavy atom. The van der Waals surface area contributed by atoms with Crippen molar-refractivity contribution in [3.05, 3.63) is 144 Å². The van der Waals surface area contributed by atoms with Gasteiger partial charge in [-0.2, -0.15) is 8.61 Å². The van der Waals surface area contributed by atoms with Crippen LogP contribution in [-0.2, 0) is 48.8 Å². The van der Waals surface area contributed by atoms with Crippen molar-refractivity contribution in [1.82, 2.24) is 50.3 Å². The molecular formula is C60H80N10O10S2. The van der Waals surface area contributed by atoms with Gasteiger partial charge in [0, 0.05) is 38.3 Å². The average molecular weight is 1170 g/mol. The monoisotopic (exact) mass is 1160 g/mol. The minimum atomic E-state index is -4.00. The number of carbonyl (C=O) groups is 6. The van der Waals surface area contributed by atoms with Gasteiger partial charge in [0.1, 0.15) is 24.2 Å². The molecule has 4 aromatic rings. The minimum Gasteiger partial charge on any atom is -0.343 e. The molecule has 4 aliphatic heterocycles. The number of amides is 6. The van der Waals surface area contributed by atoms with Crippen molar-refractivity contribution < 1.29 is 45.6 Å². The molecule has 6 N–H and O–H groups in total. The second kappa shape index (κ2) is 28.1. The van der Waals surface area contributed by atoms with Crippen LogP contribution in [0.3, 0.4) is 0 Å². The van der Waals surface area contributed by atoms with E-state index in [-0.39, 0.29) is 75.2 Å². The number of sulfonamides is 2. The van der Waals surface area contributed by atoms with E-state index in [1.54, 1.807) is 37.7 Å². The molecule has 0 saturated carbocycles. The van der Waals surface area contributed by atoms with Crippen molar-refractivity contribution in [3.63, 3.8) is 0 Å². The van der Waals surface area contributed by atoms with Gasteiger partial charge in [-0.25, -0.2) is 16.8 Å². The summed E-state index contributed by atoms with van der Waals surface area (Å²) in [7, 11) is -4.81. The molecule has 0 radical (unpaired) electrons. The summed E-state index contributed by atoms with van der Waals surface area (Å²) in [6.45, 7) is 2.69. The Morgan fingerprint density at radius 2 is 0.793 bits per heavy atom. The highest BCUT2D eigenvalue weighted by Gasteiger charge is 2.48. The van der Waals surface area contributed by atoms with Crippen LogP contribution in [0.25, 0.3) is 0 Å². The molecule has 0 bridgehead atoms. The molecule has 4 saturated heterocycles. The predicted octanol–water partition coefficient (Wildman–Crippen LogP) is 3.33. The van der Waals surface area contributed by atoms with Crippen LogP contribution < -0.4 is 31.9 Å². The number of likely N-dealkylation sites (N-methyl/N-ethyl adjacent to an activating group) is 2. The van der Waals surface area contributed by atoms with Gasteiger partial charge in [-0.15, -0.1) is 0 Å². The molecule has 4 aliphatic rings. The molecule has 0 aliphatic carbocycles. The van der Waals surface area contributed by atoms with E-state index in [2.05, 4.69) is 31.9 Å². The lowest BCUT2D eigenvalue weighted by Crippen LogP contribution is -2.62. The number of fused-ring (bicyclic) bond motifs is 2. The van der Waals surface area contributed by atoms with Gasteiger partial charge in [0.2, 0.25) is 55.5 Å². The summed E-state index contributed by atoms with van der Waals surface area (Å²) in [5.41, 5.74) is 3.46. The number of carbonyl (C=O) groups excluding carboxylic acids is 6. The summed E-state index contributed by atoms with van der Waals surface area (Å²) in [6.07, 6.45) is 3.31. The Morgan fingerprint density at radius 3 is 1.10 bits per heavy atom. The molecule has 20 nitrogen and oxygen atoms in total. The Bertz CT molecular complexity index is 2770. The lowest BCUT2D eigenvalue weighted by Gasteiger charge is -2.39. The Balaban J connectivity index is 0.884. The first-order valence-electron chi connectivity index (χ1n) is 28.8. The maximum absolute atomic E-state index is 14.7. The fourth-order valence-corrected chi connectivity index (χ4v) is 14.9. The summed E-state index contributed by atoms with van der Waals surface area (Å²) in [4.78, 5) is 87.9. The molecule has 6 amide bonds. The van der Waals surface area contributed by atoms with Crippen LogP contribution in [0.2, 0.25) is 0 Å². The highest BCUT2D eigenvalue weighted by molar-refractivity contribution is 7.89. The molecule has 0 aromatic heterocycles. The van der Waals surface area contributed by atoms with Gasteiger partial charge in [0.15, 0.2) is 0 Å². The van der Waals surface area contributed by atoms with Crippen molar-refractivity contribution in [3.8, 4) is 0 Å². The van der Waals surface area contributed by atoms with Crippen molar-refractivity contribution >= 4 is 55.5 Å². The average Bonchev–Trinajstić information content (AvgIpc) is 3.83. The van der Waals surface area contributed by atoms with E-state index in [9.17, 15) is 45.6 Å². The second-order valence-electron chi connectivity index (χ2n) is 22.0. The van der Waals surface area contributed by atoms with Gasteiger partial charge < -0.3 is 41.7 Å². The smallest absolute Gasteiger partial charge is 0.247 e. The molecule has 4 fully saturated rings. The van der Waals surface area contributed by atoms with Crippen molar-refractivity contribution in [2.45, 2.75) is 138 Å². The molecule has 8 rings (SSSR count). The quantitative estimate of drug-likeness (QED) is 0.0586. The zero-order valence-corrected chi connectivity index (χ0v) is 49.0. The van der Waals surface area contributed by atoms with Gasteiger partial charge in [0.05, 0.1) is 35.7 Å². The number of hydrogen-bond donors (Lipinski definition) is 6. The minimum absolute atomic E-state index is 0.0527. The highest BCUT2D eigenvalue weighted by Crippen LogP contribution is 2.34. The first-order chi connectivity index (χ1) is 39.4. The fraction of sp³-hybridized carbons (Fsp3) is 0.500. The van der Waals surface area contributed by atoms with Crippen LogP contribution in [0, 0.1) is 0 Å². The lowest BCUT2D eigenvalue weighted by molar-refractivity contribution is -0.144. The summed E-state index contributed by atoms with van der Waals surface area (Å²) in [6, 6.07) is 30.5. The summed E-state index contributed by atoms with van der Waals surface area (Å²) in [5.74, 6) is -3.34. The van der Waals surface area contributed by atoms with E-state index in [0.29, 0.717) is 38.5 Å². The third-order valence-electron chi connectivity index (χ3n) is 16.6. The van der Waals surface area contributed by atoms with E-state index in [0.717, 1.165) is 22.3 Å². The molecule has 442 valence electrons. The van der Waals surface area contributed by atoms with Crippen LogP contribution in [-0.4, -0.2) is 171 Å². The summed E-state index contributed by atoms with van der Waals surface area (Å²) < 4.78 is 59.4. The van der Waals surface area contributed by atoms with Crippen LogP contribution in [0.5, 0.6) is 0 Å². The largest absolute Gasteiger partial charge is 0.343 e. The molecule has 4 heterocycles. The van der Waals surface area contributed by atoms with E-state index in [1.807, 2.05) is 121 Å². The van der Waals surface area contributed by atoms with E-state index >= 15 is 0 Å². The number of rotatable bonds is 23. The van der Waals surface area contributed by atoms with Crippen molar-refractivity contribution in [1.29, 1.82) is 0 Å². The summed E-state index contributed by atoms with van der Waals surface area (Å²) >= 11 is 0. The Kier molecular flexibility index (Phi) is 21.1. The number of nitrogens with zero attached hydrogens (tertiary/aromatic N) is 4. The van der Waals surface area contributed by atoms with E-state index in [4.69, 9.17) is 0 Å². The molecule has 0 unspecified atom stereocenters. The van der Waals surface area contributed by atoms with E-state index in [1.165, 1.54) is 8.61 Å². The Labute approximate surface area is 483 Å². The molecule has 8 atom stereocenters. The van der Waals surface area contributed by atoms with Crippen molar-refractivity contribution in [2.75, 3.05) is 51.8 Å². The van der Waals surface area contributed by atoms with E-state index < -0.39 is 104 Å². The third-order valence-corrected chi connectivity index (χ3v) is 20.5. The third kappa shape index (κ3) is 15.0. The first kappa shape index (κ1) is 61.5. The maximum Gasteiger partial charge on any atom is 0.247 e. The fourth-order valence-electron chi connectivity index (χ4n) is 11.7. The van der Waals surface area contributed by atoms with Gasteiger partial charge in [-0.3, -0.25) is 28.8 Å². The SMILES string of the molecule is CN[C@@H](C)C(=O)N[C@H]1CN(S(=O)(=O)CCCCCCS(=O)(=O)N2CC[C@H]3CC[C@@H](C(=O)NC(c4ccccc4)c4ccccc4)N3C(=O)[C@@H](NC(=O)[C@H](C)NC)C2)CC[C@H]2CC[C@@H](C(=O)NC(c3ccccc3)c3ccccc3)N2C1=O. The normalized spacial score (nSPS) is 22.7. The zero-order valence-electron chi connectivity index (χ0n) is 47.3. The van der Waals surface area contributed by atoms with Gasteiger partial charge in [-0.05, 0) is 102 Å². The maximum atomic E-state index is 14.7. The highest BCUT2D eigenvalue weighted by atomic mass is 32.2. The van der Waals surface area contributed by atoms with Crippen LogP contribution in [0.15, 0.2) is 121 Å². The number of hydrogen-bond acceptors (Lipinski definition) is 12. The predicted molar refractivity (Wildman–Crippen MR) is 312 cm³/mol.